The molecule has 0 aromatic heterocycles. The van der Waals surface area contributed by atoms with Crippen molar-refractivity contribution in [3.63, 3.8) is 0 Å². The molecule has 142 valence electrons. The van der Waals surface area contributed by atoms with Crippen molar-refractivity contribution in [2.45, 2.75) is 62.7 Å². The number of carbonyl (C=O) groups is 2. The van der Waals surface area contributed by atoms with E-state index in [9.17, 15) is 9.59 Å². The van der Waals surface area contributed by atoms with Gasteiger partial charge in [-0.1, -0.05) is 52.3 Å². The number of benzene rings is 1. The lowest BCUT2D eigenvalue weighted by molar-refractivity contribution is -0.148. The first kappa shape index (κ1) is 19.6. The fourth-order valence-corrected chi connectivity index (χ4v) is 6.59. The second-order valence-corrected chi connectivity index (χ2v) is 9.73. The van der Waals surface area contributed by atoms with E-state index in [0.717, 1.165) is 37.4 Å². The Morgan fingerprint density at radius 2 is 2.08 bits per heavy atom. The maximum Gasteiger partial charge on any atom is 0.306 e. The number of hydrogen-bond donors (Lipinski definition) is 1. The predicted octanol–water partition coefficient (Wildman–Crippen LogP) is 4.44. The second-order valence-electron chi connectivity index (χ2n) is 6.95. The summed E-state index contributed by atoms with van der Waals surface area (Å²) in [5.74, 6) is 0.773. The summed E-state index contributed by atoms with van der Waals surface area (Å²) in [4.78, 5) is 24.0. The third-order valence-electron chi connectivity index (χ3n) is 4.95. The number of nitrogens with one attached hydrogen (secondary N) is 1. The fraction of sp³-hybridized carbons (Fsp3) is 0.600. The number of fused-ring (bicyclic) bond motifs is 1. The fourth-order valence-electron chi connectivity index (χ4n) is 3.56. The first-order valence-electron chi connectivity index (χ1n) is 9.53. The number of esters is 1. The molecule has 2 aliphatic rings. The number of ether oxygens (including phenoxy) is 1. The highest BCUT2D eigenvalue weighted by Gasteiger charge is 2.22. The Kier molecular flexibility index (Phi) is 7.74. The van der Waals surface area contributed by atoms with Gasteiger partial charge in [-0.3, -0.25) is 9.59 Å². The van der Waals surface area contributed by atoms with Gasteiger partial charge in [-0.2, -0.15) is 0 Å². The summed E-state index contributed by atoms with van der Waals surface area (Å²) in [7, 11) is 3.92. The van der Waals surface area contributed by atoms with Gasteiger partial charge in [0, 0.05) is 17.4 Å². The van der Waals surface area contributed by atoms with Gasteiger partial charge < -0.3 is 10.1 Å². The van der Waals surface area contributed by atoms with Crippen molar-refractivity contribution in [2.24, 2.45) is 0 Å². The molecule has 1 N–H and O–H groups in total. The van der Waals surface area contributed by atoms with Gasteiger partial charge >= 0.3 is 5.97 Å². The van der Waals surface area contributed by atoms with Gasteiger partial charge in [0.2, 0.25) is 0 Å². The molecule has 6 heteroatoms. The van der Waals surface area contributed by atoms with Crippen LogP contribution in [-0.2, 0) is 20.7 Å². The highest BCUT2D eigenvalue weighted by atomic mass is 33.1. The zero-order chi connectivity index (χ0) is 18.2. The zero-order valence-electron chi connectivity index (χ0n) is 15.1. The predicted molar refractivity (Wildman–Crippen MR) is 108 cm³/mol. The summed E-state index contributed by atoms with van der Waals surface area (Å²) >= 11 is 0. The van der Waals surface area contributed by atoms with Crippen molar-refractivity contribution in [3.05, 3.63) is 35.4 Å². The van der Waals surface area contributed by atoms with Crippen LogP contribution in [0.3, 0.4) is 0 Å². The topological polar surface area (TPSA) is 55.4 Å². The first-order chi connectivity index (χ1) is 12.7. The summed E-state index contributed by atoms with van der Waals surface area (Å²) in [6.07, 6.45) is 7.83. The molecule has 2 atom stereocenters. The third-order valence-corrected chi connectivity index (χ3v) is 7.96. The van der Waals surface area contributed by atoms with Crippen LogP contribution < -0.4 is 5.32 Å². The molecule has 1 fully saturated rings. The highest BCUT2D eigenvalue weighted by molar-refractivity contribution is 8.77. The lowest BCUT2D eigenvalue weighted by Crippen LogP contribution is -2.34. The van der Waals surface area contributed by atoms with Crippen LogP contribution in [0.15, 0.2) is 24.3 Å². The van der Waals surface area contributed by atoms with E-state index in [-0.39, 0.29) is 24.5 Å². The molecule has 3 rings (SSSR count). The van der Waals surface area contributed by atoms with Gasteiger partial charge in [0.15, 0.2) is 6.61 Å². The molecule has 26 heavy (non-hydrogen) atoms. The van der Waals surface area contributed by atoms with Crippen molar-refractivity contribution in [3.8, 4) is 0 Å². The van der Waals surface area contributed by atoms with Crippen LogP contribution in [0.1, 0.15) is 62.1 Å². The summed E-state index contributed by atoms with van der Waals surface area (Å²) in [5, 5.41) is 3.76. The van der Waals surface area contributed by atoms with Gasteiger partial charge in [-0.25, -0.2) is 0 Å². The standard InChI is InChI=1S/C20H27NO3S2/c22-19(21-18-10-5-7-15-6-1-3-9-17(15)18)14-24-20(23)11-4-2-8-16-12-13-25-26-16/h1,3,6,9,16,18H,2,4-5,7-8,10-14H2,(H,21,22)/t16-,18-/m0/s1. The number of aryl methyl sites for hydroxylation is 1. The average Bonchev–Trinajstić information content (AvgIpc) is 3.17. The minimum atomic E-state index is -0.266. The number of hydrogen-bond acceptors (Lipinski definition) is 5. The van der Waals surface area contributed by atoms with E-state index in [4.69, 9.17) is 4.74 Å². The van der Waals surface area contributed by atoms with Crippen LogP contribution in [-0.4, -0.2) is 29.5 Å². The smallest absolute Gasteiger partial charge is 0.306 e. The van der Waals surface area contributed by atoms with Crippen LogP contribution in [0.4, 0.5) is 0 Å². The van der Waals surface area contributed by atoms with E-state index in [0.29, 0.717) is 6.42 Å². The van der Waals surface area contributed by atoms with Crippen molar-refractivity contribution in [2.75, 3.05) is 12.4 Å². The van der Waals surface area contributed by atoms with Crippen LogP contribution >= 0.6 is 21.6 Å². The van der Waals surface area contributed by atoms with E-state index < -0.39 is 0 Å². The normalized spacial score (nSPS) is 21.8. The van der Waals surface area contributed by atoms with Gasteiger partial charge in [0.1, 0.15) is 0 Å². The molecule has 1 aliphatic carbocycles. The van der Waals surface area contributed by atoms with E-state index in [1.807, 2.05) is 33.7 Å². The lowest BCUT2D eigenvalue weighted by atomic mass is 9.88. The Labute approximate surface area is 163 Å². The monoisotopic (exact) mass is 393 g/mol. The molecule has 1 saturated heterocycles. The molecule has 0 spiro atoms. The number of amides is 1. The highest BCUT2D eigenvalue weighted by Crippen LogP contribution is 2.39. The molecular weight excluding hydrogens is 366 g/mol. The minimum absolute atomic E-state index is 0.0351. The molecule has 4 nitrogen and oxygen atoms in total. The van der Waals surface area contributed by atoms with Crippen LogP contribution in [0.5, 0.6) is 0 Å². The molecule has 0 radical (unpaired) electrons. The van der Waals surface area contributed by atoms with Crippen LogP contribution in [0.2, 0.25) is 0 Å². The Balaban J connectivity index is 1.32. The summed E-state index contributed by atoms with van der Waals surface area (Å²) in [6.45, 7) is -0.174. The lowest BCUT2D eigenvalue weighted by Gasteiger charge is -2.26. The number of rotatable bonds is 8. The summed E-state index contributed by atoms with van der Waals surface area (Å²) < 4.78 is 5.15. The zero-order valence-corrected chi connectivity index (χ0v) is 16.7. The minimum Gasteiger partial charge on any atom is -0.456 e. The van der Waals surface area contributed by atoms with Crippen molar-refractivity contribution < 1.29 is 14.3 Å². The quantitative estimate of drug-likeness (QED) is 0.402. The average molecular weight is 394 g/mol. The van der Waals surface area contributed by atoms with Gasteiger partial charge in [-0.15, -0.1) is 0 Å². The molecule has 1 amide bonds. The molecule has 0 bridgehead atoms. The Morgan fingerprint density at radius 1 is 1.19 bits per heavy atom. The summed E-state index contributed by atoms with van der Waals surface area (Å²) in [5.41, 5.74) is 2.50. The maximum atomic E-state index is 12.1. The van der Waals surface area contributed by atoms with Gasteiger partial charge in [-0.05, 0) is 49.7 Å². The molecule has 1 heterocycles. The van der Waals surface area contributed by atoms with E-state index >= 15 is 0 Å². The van der Waals surface area contributed by atoms with E-state index in [2.05, 4.69) is 17.4 Å². The molecule has 0 unspecified atom stereocenters. The molecular formula is C20H27NO3S2. The van der Waals surface area contributed by atoms with Crippen LogP contribution in [0.25, 0.3) is 0 Å². The van der Waals surface area contributed by atoms with Crippen molar-refractivity contribution in [1.29, 1.82) is 0 Å². The maximum absolute atomic E-state index is 12.1. The molecule has 1 aromatic carbocycles. The van der Waals surface area contributed by atoms with Gasteiger partial charge in [0.25, 0.3) is 5.91 Å². The molecule has 1 aromatic rings. The SMILES string of the molecule is O=C(COC(=O)CCCC[C@H]1CCSS1)N[C@H]1CCCc2ccccc21. The van der Waals surface area contributed by atoms with Crippen molar-refractivity contribution in [1.82, 2.24) is 5.32 Å². The molecule has 1 aliphatic heterocycles. The van der Waals surface area contributed by atoms with Crippen molar-refractivity contribution >= 4 is 33.5 Å². The third kappa shape index (κ3) is 5.95. The largest absolute Gasteiger partial charge is 0.456 e. The second kappa shape index (κ2) is 10.3. The summed E-state index contributed by atoms with van der Waals surface area (Å²) in [6, 6.07) is 8.28. The van der Waals surface area contributed by atoms with E-state index in [1.165, 1.54) is 29.7 Å². The Morgan fingerprint density at radius 3 is 2.92 bits per heavy atom. The first-order valence-corrected chi connectivity index (χ1v) is 11.9. The van der Waals surface area contributed by atoms with E-state index in [1.54, 1.807) is 0 Å². The molecule has 0 saturated carbocycles. The van der Waals surface area contributed by atoms with Gasteiger partial charge in [0.05, 0.1) is 6.04 Å². The Bertz CT molecular complexity index is 617. The van der Waals surface area contributed by atoms with Crippen LogP contribution in [0, 0.1) is 0 Å². The Hall–Kier alpha value is -1.14. The number of carbonyl (C=O) groups excluding carboxylic acids is 2. The number of unbranched alkanes of at least 4 members (excludes halogenated alkanes) is 1.